The lowest BCUT2D eigenvalue weighted by atomic mass is 9.98. The van der Waals surface area contributed by atoms with E-state index in [0.29, 0.717) is 43.4 Å². The van der Waals surface area contributed by atoms with Crippen molar-refractivity contribution in [3.63, 3.8) is 0 Å². The smallest absolute Gasteiger partial charge is 0.326 e. The number of carbonyl (C=O) groups excluding carboxylic acids is 7. The van der Waals surface area contributed by atoms with E-state index in [2.05, 4.69) is 52.2 Å². The third-order valence-corrected chi connectivity index (χ3v) is 11.9. The average molecular weight is 968 g/mol. The number of carboxylic acid groups (broad SMARTS) is 1. The normalized spacial score (nSPS) is 16.4. The minimum atomic E-state index is -1.33. The van der Waals surface area contributed by atoms with E-state index in [0.717, 1.165) is 0 Å². The molecule has 2 heterocycles. The SMILES string of the molecule is CCCC[C@H](NC(=O)[C@H](Cc1ccc(O)cc1)NC(=O)[C@@H](NC(=O)[C@H](CCCN=C(N)N)NC(=O)CNC)C(C)C)C(=O)N[C@@H](Cc1cnc[nH]1)C(=O)N1CCC[C@H]1C(=O)N[C@H](C(=O)O)[C@@H](C)CC. The molecule has 0 spiro atoms. The molecule has 2 aromatic rings. The van der Waals surface area contributed by atoms with Gasteiger partial charge in [0.05, 0.1) is 12.9 Å². The van der Waals surface area contributed by atoms with E-state index in [-0.39, 0.29) is 69.4 Å². The van der Waals surface area contributed by atoms with Crippen LogP contribution in [0.25, 0.3) is 0 Å². The number of amides is 7. The van der Waals surface area contributed by atoms with Crippen molar-refractivity contribution in [3.05, 3.63) is 48.0 Å². The fourth-order valence-electron chi connectivity index (χ4n) is 7.78. The van der Waals surface area contributed by atoms with Crippen molar-refractivity contribution in [2.75, 3.05) is 26.7 Å². The number of phenols is 1. The highest BCUT2D eigenvalue weighted by Crippen LogP contribution is 2.21. The fraction of sp³-hybridized carbons (Fsp3) is 0.609. The van der Waals surface area contributed by atoms with Crippen LogP contribution in [0.5, 0.6) is 5.75 Å². The number of carbonyl (C=O) groups is 8. The Hall–Kier alpha value is -6.78. The Bertz CT molecular complexity index is 2050. The number of aromatic hydroxyl groups is 1. The number of aromatic amines is 1. The first-order chi connectivity index (χ1) is 32.8. The van der Waals surface area contributed by atoms with Crippen LogP contribution in [-0.2, 0) is 51.2 Å². The quantitative estimate of drug-likeness (QED) is 0.0266. The molecular weight excluding hydrogens is 895 g/mol. The van der Waals surface area contributed by atoms with Crippen LogP contribution in [0.4, 0.5) is 0 Å². The minimum absolute atomic E-state index is 0.0343. The maximum Gasteiger partial charge on any atom is 0.326 e. The second kappa shape index (κ2) is 28.5. The number of carboxylic acids is 1. The summed E-state index contributed by atoms with van der Waals surface area (Å²) >= 11 is 0. The van der Waals surface area contributed by atoms with Crippen LogP contribution >= 0.6 is 0 Å². The van der Waals surface area contributed by atoms with E-state index < -0.39 is 95.5 Å². The number of likely N-dealkylation sites (tertiary alicyclic amines) is 1. The van der Waals surface area contributed by atoms with Crippen LogP contribution in [0, 0.1) is 11.8 Å². The van der Waals surface area contributed by atoms with Gasteiger partial charge in [-0.25, -0.2) is 9.78 Å². The molecule has 69 heavy (non-hydrogen) atoms. The number of aliphatic carboxylic acids is 1. The topological polar surface area (TPSA) is 358 Å². The van der Waals surface area contributed by atoms with Gasteiger partial charge in [-0.15, -0.1) is 0 Å². The van der Waals surface area contributed by atoms with Crippen LogP contribution in [0.3, 0.4) is 0 Å². The molecule has 14 N–H and O–H groups in total. The molecule has 1 saturated heterocycles. The molecule has 0 unspecified atom stereocenters. The zero-order valence-electron chi connectivity index (χ0n) is 40.5. The molecular formula is C46H73N13O10. The molecule has 3 rings (SSSR count). The highest BCUT2D eigenvalue weighted by atomic mass is 16.4. The molecule has 1 fully saturated rings. The van der Waals surface area contributed by atoms with Gasteiger partial charge in [0, 0.05) is 37.8 Å². The molecule has 23 nitrogen and oxygen atoms in total. The zero-order chi connectivity index (χ0) is 51.2. The molecule has 0 radical (unpaired) electrons. The first kappa shape index (κ1) is 56.5. The van der Waals surface area contributed by atoms with E-state index in [1.54, 1.807) is 40.0 Å². The van der Waals surface area contributed by atoms with Gasteiger partial charge in [0.25, 0.3) is 0 Å². The second-order valence-electron chi connectivity index (χ2n) is 17.7. The minimum Gasteiger partial charge on any atom is -0.508 e. The van der Waals surface area contributed by atoms with E-state index in [4.69, 9.17) is 11.5 Å². The number of phenolic OH excluding ortho intramolecular Hbond substituents is 1. The summed E-state index contributed by atoms with van der Waals surface area (Å²) in [6.45, 7) is 9.07. The number of aromatic nitrogens is 2. The summed E-state index contributed by atoms with van der Waals surface area (Å²) < 4.78 is 0. The number of likely N-dealkylation sites (N-methyl/N-ethyl adjacent to an activating group) is 1. The molecule has 0 bridgehead atoms. The predicted molar refractivity (Wildman–Crippen MR) is 256 cm³/mol. The van der Waals surface area contributed by atoms with E-state index in [9.17, 15) is 48.6 Å². The molecule has 7 amide bonds. The van der Waals surface area contributed by atoms with Gasteiger partial charge in [-0.2, -0.15) is 0 Å². The number of unbranched alkanes of at least 4 members (excludes halogenated alkanes) is 1. The number of imidazole rings is 1. The van der Waals surface area contributed by atoms with Gasteiger partial charge in [0.15, 0.2) is 5.96 Å². The van der Waals surface area contributed by atoms with E-state index in [1.807, 2.05) is 13.8 Å². The maximum atomic E-state index is 14.4. The van der Waals surface area contributed by atoms with Crippen LogP contribution in [0.2, 0.25) is 0 Å². The third-order valence-electron chi connectivity index (χ3n) is 11.9. The Morgan fingerprint density at radius 2 is 1.43 bits per heavy atom. The molecule has 8 atom stereocenters. The number of nitrogens with one attached hydrogen (secondary N) is 8. The van der Waals surface area contributed by atoms with Gasteiger partial charge >= 0.3 is 5.97 Å². The van der Waals surface area contributed by atoms with Gasteiger partial charge in [-0.05, 0) is 68.7 Å². The second-order valence-corrected chi connectivity index (χ2v) is 17.7. The molecule has 382 valence electrons. The number of guanidine groups is 1. The van der Waals surface area contributed by atoms with Crippen molar-refractivity contribution < 1.29 is 48.6 Å². The molecule has 1 aromatic heterocycles. The van der Waals surface area contributed by atoms with Crippen LogP contribution < -0.4 is 48.7 Å². The molecule has 0 saturated carbocycles. The van der Waals surface area contributed by atoms with E-state index >= 15 is 0 Å². The first-order valence-electron chi connectivity index (χ1n) is 23.6. The monoisotopic (exact) mass is 968 g/mol. The standard InChI is InChI=1S/C46H73N13O10/c1-7-9-12-32(39(62)56-34(22-29-23-50-25-52-29)44(67)59-20-11-14-35(59)42(65)58-38(45(68)69)27(5)8-2)54-41(64)33(21-28-15-17-30(60)18-16-28)55-43(66)37(26(3)4)57-40(63)31(53-36(61)24-49-6)13-10-19-51-46(47)48/h15-18,23,25-27,31-35,37-38,49,60H,7-14,19-22,24H2,1-6H3,(H,50,52)(H,53,61)(H,54,64)(H,55,66)(H,56,62)(H,57,63)(H,58,65)(H,68,69)(H4,47,48,51)/t27-,31-,32-,33-,34-,35-,37-,38-/m0/s1. The molecule has 1 aliphatic heterocycles. The van der Waals surface area contributed by atoms with Gasteiger partial charge in [-0.1, -0.05) is 66.0 Å². The Morgan fingerprint density at radius 3 is 2.03 bits per heavy atom. The molecule has 1 aromatic carbocycles. The zero-order valence-corrected chi connectivity index (χ0v) is 40.5. The number of hydrogen-bond acceptors (Lipinski definition) is 12. The first-order valence-corrected chi connectivity index (χ1v) is 23.6. The van der Waals surface area contributed by atoms with Gasteiger partial charge < -0.3 is 68.8 Å². The van der Waals surface area contributed by atoms with Crippen LogP contribution in [0.1, 0.15) is 97.2 Å². The number of benzene rings is 1. The van der Waals surface area contributed by atoms with Gasteiger partial charge in [-0.3, -0.25) is 38.6 Å². The summed E-state index contributed by atoms with van der Waals surface area (Å²) in [4.78, 5) is 122. The van der Waals surface area contributed by atoms with Crippen molar-refractivity contribution in [2.24, 2.45) is 28.3 Å². The summed E-state index contributed by atoms with van der Waals surface area (Å²) in [5, 5.41) is 38.9. The van der Waals surface area contributed by atoms with Crippen LogP contribution in [0.15, 0.2) is 41.8 Å². The lowest BCUT2D eigenvalue weighted by Crippen LogP contribution is -2.61. The van der Waals surface area contributed by atoms with Crippen LogP contribution in [-0.4, -0.2) is 147 Å². The Balaban J connectivity index is 1.91. The van der Waals surface area contributed by atoms with Crippen molar-refractivity contribution in [3.8, 4) is 5.75 Å². The summed E-state index contributed by atoms with van der Waals surface area (Å²) in [6, 6.07) is -2.29. The van der Waals surface area contributed by atoms with Crippen molar-refractivity contribution in [1.82, 2.24) is 52.1 Å². The molecule has 0 aliphatic carbocycles. The van der Waals surface area contributed by atoms with Crippen molar-refractivity contribution in [1.29, 1.82) is 0 Å². The number of rotatable bonds is 29. The average Bonchev–Trinajstić information content (AvgIpc) is 4.02. The maximum absolute atomic E-state index is 14.4. The van der Waals surface area contributed by atoms with Crippen molar-refractivity contribution in [2.45, 2.75) is 141 Å². The van der Waals surface area contributed by atoms with E-state index in [1.165, 1.54) is 29.6 Å². The lowest BCUT2D eigenvalue weighted by molar-refractivity contribution is -0.146. The Kier molecular flexibility index (Phi) is 23.4. The summed E-state index contributed by atoms with van der Waals surface area (Å²) in [6.07, 6.45) is 5.62. The summed E-state index contributed by atoms with van der Waals surface area (Å²) in [5.41, 5.74) is 11.9. The Labute approximate surface area is 402 Å². The number of aliphatic imine (C=N–C) groups is 1. The number of nitrogens with zero attached hydrogens (tertiary/aromatic N) is 3. The predicted octanol–water partition coefficient (Wildman–Crippen LogP) is -0.950. The van der Waals surface area contributed by atoms with Gasteiger partial charge in [0.2, 0.25) is 41.4 Å². The molecule has 23 heteroatoms. The van der Waals surface area contributed by atoms with Crippen molar-refractivity contribution >= 4 is 53.3 Å². The highest BCUT2D eigenvalue weighted by molar-refractivity contribution is 5.98. The molecule has 1 aliphatic rings. The fourth-order valence-corrected chi connectivity index (χ4v) is 7.78. The third kappa shape index (κ3) is 18.3. The summed E-state index contributed by atoms with van der Waals surface area (Å²) in [7, 11) is 1.57. The number of H-pyrrole nitrogens is 1. The van der Waals surface area contributed by atoms with Gasteiger partial charge in [0.1, 0.15) is 48.0 Å². The highest BCUT2D eigenvalue weighted by Gasteiger charge is 2.41. The number of hydrogen-bond donors (Lipinski definition) is 12. The largest absolute Gasteiger partial charge is 0.508 e. The lowest BCUT2D eigenvalue weighted by Gasteiger charge is -2.31. The number of nitrogens with two attached hydrogens (primary N) is 2. The Morgan fingerprint density at radius 1 is 0.812 bits per heavy atom. The summed E-state index contributed by atoms with van der Waals surface area (Å²) in [5.74, 6) is -6.83.